The van der Waals surface area contributed by atoms with Gasteiger partial charge in [0.15, 0.2) is 17.2 Å². The number of amides is 1. The fraction of sp³-hybridized carbons (Fsp3) is 0.879. The second-order valence-electron chi connectivity index (χ2n) is 14.5. The molecule has 14 heteroatoms. The normalized spacial score (nSPS) is 45.8. The number of cyclic esters (lactones) is 1. The number of likely N-dealkylation sites (N-methyl/N-ethyl adjacent to an activating group) is 1. The minimum absolute atomic E-state index is 0.0254. The topological polar surface area (TPSA) is 167 Å². The van der Waals surface area contributed by atoms with Gasteiger partial charge in [0.05, 0.1) is 17.8 Å². The molecule has 0 aromatic rings. The molecule has 0 bridgehead atoms. The summed E-state index contributed by atoms with van der Waals surface area (Å²) < 4.78 is 46.6. The van der Waals surface area contributed by atoms with Gasteiger partial charge in [-0.1, -0.05) is 34.6 Å². The summed E-state index contributed by atoms with van der Waals surface area (Å²) in [6.07, 6.45) is -4.54. The molecule has 3 fully saturated rings. The monoisotopic (exact) mass is 673 g/mol. The number of fused-ring (bicyclic) bond motifs is 1. The van der Waals surface area contributed by atoms with E-state index in [9.17, 15) is 24.3 Å². The molecule has 0 radical (unpaired) electrons. The molecule has 0 unspecified atom stereocenters. The number of hydrogen-bond acceptors (Lipinski definition) is 12. The first-order valence-electron chi connectivity index (χ1n) is 16.6. The lowest BCUT2D eigenvalue weighted by atomic mass is 9.73. The van der Waals surface area contributed by atoms with Gasteiger partial charge in [-0.3, -0.25) is 9.59 Å². The van der Waals surface area contributed by atoms with Crippen molar-refractivity contribution in [1.29, 1.82) is 0 Å². The Hall–Kier alpha value is -2.23. The first-order chi connectivity index (χ1) is 21.6. The molecule has 0 saturated carbocycles. The number of aliphatic hydroxyl groups is 1. The standard InChI is InChI=1S/C33H56FN3O10/c1-13-22-32(9)24(37(35)29(42)47-32)19(5)23(38)17(3)16-30(7,43-12)27(20(6)25(39)31(8,34)28(41)44-22)46-33(10)26(40)21(36(11)14-2)15-18(4)45-33/h17-22,24,26-27,40H,13-16,35H2,1-12H3/t17-,18-,19+,20+,21+,22-,24-,26-,27-,30-,31+,32-,33+/m1/s1. The number of ether oxygens (including phenoxy) is 5. The Balaban J connectivity index is 2.20. The number of nitrogens with zero attached hydrogens (tertiary/aromatic N) is 2. The number of hydrogen-bond donors (Lipinski definition) is 2. The number of Topliss-reactive ketones (excluding diaryl/α,β-unsaturated/α-hetero) is 2. The third-order valence-corrected chi connectivity index (χ3v) is 10.9. The van der Waals surface area contributed by atoms with Crippen molar-refractivity contribution < 1.29 is 52.4 Å². The van der Waals surface area contributed by atoms with Crippen LogP contribution in [-0.4, -0.2) is 119 Å². The number of methoxy groups -OCH3 is 1. The third-order valence-electron chi connectivity index (χ3n) is 10.9. The van der Waals surface area contributed by atoms with Crippen molar-refractivity contribution >= 4 is 23.6 Å². The summed E-state index contributed by atoms with van der Waals surface area (Å²) in [5.41, 5.74) is -6.28. The van der Waals surface area contributed by atoms with Crippen LogP contribution in [0.3, 0.4) is 0 Å². The van der Waals surface area contributed by atoms with Crippen molar-refractivity contribution in [3.63, 3.8) is 0 Å². The average Bonchev–Trinajstić information content (AvgIpc) is 3.25. The fourth-order valence-electron chi connectivity index (χ4n) is 7.92. The van der Waals surface area contributed by atoms with Gasteiger partial charge in [0.2, 0.25) is 0 Å². The number of carbonyl (C=O) groups is 4. The highest BCUT2D eigenvalue weighted by Gasteiger charge is 2.62. The lowest BCUT2D eigenvalue weighted by Crippen LogP contribution is -2.65. The number of ketones is 2. The molecule has 3 saturated heterocycles. The van der Waals surface area contributed by atoms with Crippen LogP contribution in [0, 0.1) is 17.8 Å². The molecule has 47 heavy (non-hydrogen) atoms. The van der Waals surface area contributed by atoms with Crippen molar-refractivity contribution in [1.82, 2.24) is 9.91 Å². The zero-order valence-electron chi connectivity index (χ0n) is 30.0. The molecule has 1 amide bonds. The van der Waals surface area contributed by atoms with E-state index in [2.05, 4.69) is 0 Å². The molecule has 0 aromatic heterocycles. The zero-order chi connectivity index (χ0) is 36.0. The molecule has 3 aliphatic rings. The van der Waals surface area contributed by atoms with Gasteiger partial charge in [-0.2, -0.15) is 0 Å². The molecule has 3 heterocycles. The third kappa shape index (κ3) is 6.96. The van der Waals surface area contributed by atoms with Crippen LogP contribution in [0.1, 0.15) is 88.5 Å². The second kappa shape index (κ2) is 13.9. The van der Waals surface area contributed by atoms with E-state index in [0.717, 1.165) is 11.9 Å². The summed E-state index contributed by atoms with van der Waals surface area (Å²) in [5, 5.41) is 12.4. The number of halogens is 1. The van der Waals surface area contributed by atoms with Crippen LogP contribution >= 0.6 is 0 Å². The van der Waals surface area contributed by atoms with Crippen LogP contribution in [0.25, 0.3) is 0 Å². The van der Waals surface area contributed by atoms with E-state index in [1.807, 2.05) is 25.8 Å². The first-order valence-corrected chi connectivity index (χ1v) is 16.6. The average molecular weight is 674 g/mol. The van der Waals surface area contributed by atoms with Crippen LogP contribution in [0.15, 0.2) is 0 Å². The highest BCUT2D eigenvalue weighted by atomic mass is 19.1. The largest absolute Gasteiger partial charge is 0.455 e. The van der Waals surface area contributed by atoms with Gasteiger partial charge in [0, 0.05) is 30.9 Å². The quantitative estimate of drug-likeness (QED) is 0.183. The van der Waals surface area contributed by atoms with Gasteiger partial charge < -0.3 is 33.7 Å². The van der Waals surface area contributed by atoms with E-state index in [1.165, 1.54) is 21.0 Å². The Bertz CT molecular complexity index is 1210. The molecule has 3 aliphatic heterocycles. The minimum atomic E-state index is -3.18. The van der Waals surface area contributed by atoms with Crippen molar-refractivity contribution in [2.24, 2.45) is 23.6 Å². The number of nitrogens with two attached hydrogens (primary N) is 1. The molecule has 13 atom stereocenters. The van der Waals surface area contributed by atoms with Crippen molar-refractivity contribution in [3.8, 4) is 0 Å². The summed E-state index contributed by atoms with van der Waals surface area (Å²) in [7, 11) is 3.25. The Morgan fingerprint density at radius 1 is 1.06 bits per heavy atom. The van der Waals surface area contributed by atoms with Crippen LogP contribution in [0.5, 0.6) is 0 Å². The smallest absolute Gasteiger partial charge is 0.425 e. The Morgan fingerprint density at radius 3 is 2.19 bits per heavy atom. The Kier molecular flexibility index (Phi) is 11.6. The summed E-state index contributed by atoms with van der Waals surface area (Å²) in [5.74, 6) is -1.57. The Labute approximate surface area is 277 Å². The lowest BCUT2D eigenvalue weighted by molar-refractivity contribution is -0.354. The molecule has 3 N–H and O–H groups in total. The van der Waals surface area contributed by atoms with Crippen molar-refractivity contribution in [2.75, 3.05) is 20.7 Å². The van der Waals surface area contributed by atoms with Crippen molar-refractivity contribution in [2.45, 2.75) is 148 Å². The summed E-state index contributed by atoms with van der Waals surface area (Å²) >= 11 is 0. The molecule has 0 aliphatic carbocycles. The van der Waals surface area contributed by atoms with Gasteiger partial charge in [0.25, 0.3) is 5.67 Å². The van der Waals surface area contributed by atoms with Gasteiger partial charge in [-0.15, -0.1) is 0 Å². The molecular weight excluding hydrogens is 617 g/mol. The number of hydrazine groups is 1. The minimum Gasteiger partial charge on any atom is -0.455 e. The van der Waals surface area contributed by atoms with Crippen LogP contribution in [0.2, 0.25) is 0 Å². The SMILES string of the molecule is CC[C@H]1OC(=O)[C@@](C)(F)C(=O)[C@H](C)[C@@H](O[C@]2(C)O[C@H](C)C[C@H](N(C)CC)[C@H]2O)[C@](C)(OC)C[C@@H](C)C(=O)[C@H](C)[C@H]2N(N)C(=O)O[C@]12C. The lowest BCUT2D eigenvalue weighted by Gasteiger charge is -2.52. The van der Waals surface area contributed by atoms with E-state index in [0.29, 0.717) is 13.0 Å². The summed E-state index contributed by atoms with van der Waals surface area (Å²) in [4.78, 5) is 56.5. The van der Waals surface area contributed by atoms with Crippen LogP contribution < -0.4 is 5.84 Å². The highest BCUT2D eigenvalue weighted by Crippen LogP contribution is 2.44. The van der Waals surface area contributed by atoms with Gasteiger partial charge in [-0.05, 0) is 67.5 Å². The first kappa shape index (κ1) is 39.2. The number of aliphatic hydroxyl groups excluding tert-OH is 1. The predicted molar refractivity (Wildman–Crippen MR) is 168 cm³/mol. The summed E-state index contributed by atoms with van der Waals surface area (Å²) in [6, 6.07) is -1.46. The predicted octanol–water partition coefficient (Wildman–Crippen LogP) is 2.94. The molecule has 3 rings (SSSR count). The zero-order valence-corrected chi connectivity index (χ0v) is 30.0. The number of rotatable bonds is 6. The van der Waals surface area contributed by atoms with Crippen LogP contribution in [0.4, 0.5) is 9.18 Å². The maximum Gasteiger partial charge on any atom is 0.425 e. The van der Waals surface area contributed by atoms with E-state index < -0.39 is 82.6 Å². The molecule has 13 nitrogen and oxygen atoms in total. The van der Waals surface area contributed by atoms with E-state index >= 15 is 4.39 Å². The van der Waals surface area contributed by atoms with E-state index in [-0.39, 0.29) is 30.8 Å². The van der Waals surface area contributed by atoms with E-state index in [4.69, 9.17) is 29.5 Å². The van der Waals surface area contributed by atoms with Crippen molar-refractivity contribution in [3.05, 3.63) is 0 Å². The summed E-state index contributed by atoms with van der Waals surface area (Å²) in [6.45, 7) is 16.2. The second-order valence-corrected chi connectivity index (χ2v) is 14.5. The molecular formula is C33H56FN3O10. The maximum absolute atomic E-state index is 16.6. The fourth-order valence-corrected chi connectivity index (χ4v) is 7.92. The van der Waals surface area contributed by atoms with E-state index in [1.54, 1.807) is 34.6 Å². The number of esters is 1. The molecule has 0 spiro atoms. The molecule has 0 aromatic carbocycles. The number of alkyl halides is 1. The highest BCUT2D eigenvalue weighted by molar-refractivity contribution is 6.08. The number of carbonyl (C=O) groups excluding carboxylic acids is 4. The van der Waals surface area contributed by atoms with Gasteiger partial charge in [0.1, 0.15) is 24.0 Å². The van der Waals surface area contributed by atoms with Gasteiger partial charge in [-0.25, -0.2) is 24.8 Å². The van der Waals surface area contributed by atoms with Gasteiger partial charge >= 0.3 is 12.1 Å². The van der Waals surface area contributed by atoms with Crippen LogP contribution in [-0.2, 0) is 38.1 Å². The molecule has 270 valence electrons. The Morgan fingerprint density at radius 2 is 1.66 bits per heavy atom. The maximum atomic E-state index is 16.6.